The van der Waals surface area contributed by atoms with Gasteiger partial charge in [-0.1, -0.05) is 0 Å². The molecule has 2 aromatic heterocycles. The molecule has 0 saturated carbocycles. The molecule has 1 fully saturated rings. The summed E-state index contributed by atoms with van der Waals surface area (Å²) >= 11 is 0. The van der Waals surface area contributed by atoms with Crippen molar-refractivity contribution in [2.45, 2.75) is 65.2 Å². The Bertz CT molecular complexity index is 1080. The first-order chi connectivity index (χ1) is 17.2. The van der Waals surface area contributed by atoms with Crippen molar-refractivity contribution in [2.75, 3.05) is 50.5 Å². The Morgan fingerprint density at radius 3 is 2.78 bits per heavy atom. The number of urea groups is 1. The lowest BCUT2D eigenvalue weighted by Crippen LogP contribution is -2.61. The number of fused-ring (bicyclic) bond motifs is 1. The summed E-state index contributed by atoms with van der Waals surface area (Å²) in [6, 6.07) is 0.339. The van der Waals surface area contributed by atoms with Crippen molar-refractivity contribution in [1.29, 1.82) is 0 Å². The van der Waals surface area contributed by atoms with Crippen LogP contribution in [0.1, 0.15) is 52.3 Å². The summed E-state index contributed by atoms with van der Waals surface area (Å²) in [4.78, 5) is 28.2. The summed E-state index contributed by atoms with van der Waals surface area (Å²) in [6.07, 6.45) is 2.10. The normalized spacial score (nSPS) is 21.5. The molecule has 11 nitrogen and oxygen atoms in total. The predicted molar refractivity (Wildman–Crippen MR) is 136 cm³/mol. The molecule has 1 saturated heterocycles. The van der Waals surface area contributed by atoms with E-state index in [1.807, 2.05) is 30.6 Å². The average Bonchev–Trinajstić information content (AvgIpc) is 3.35. The van der Waals surface area contributed by atoms with Gasteiger partial charge in [0.15, 0.2) is 17.5 Å². The van der Waals surface area contributed by atoms with Crippen LogP contribution in [0.2, 0.25) is 0 Å². The van der Waals surface area contributed by atoms with Crippen LogP contribution in [0, 0.1) is 5.82 Å². The number of ether oxygens (including phenoxy) is 1. The van der Waals surface area contributed by atoms with E-state index in [4.69, 9.17) is 4.74 Å². The summed E-state index contributed by atoms with van der Waals surface area (Å²) in [7, 11) is 1.72. The van der Waals surface area contributed by atoms with Crippen LogP contribution in [-0.4, -0.2) is 92.9 Å². The molecule has 0 bridgehead atoms. The molecule has 2 atom stereocenters. The molecule has 0 aliphatic carbocycles. The molecule has 4 heterocycles. The quantitative estimate of drug-likeness (QED) is 0.471. The first-order valence-corrected chi connectivity index (χ1v) is 12.6. The Morgan fingerprint density at radius 1 is 1.28 bits per heavy atom. The molecule has 3 N–H and O–H groups in total. The van der Waals surface area contributed by atoms with Gasteiger partial charge >= 0.3 is 6.03 Å². The number of piperazine rings is 1. The predicted octanol–water partition coefficient (Wildman–Crippen LogP) is 3.12. The summed E-state index contributed by atoms with van der Waals surface area (Å²) < 4.78 is 19.6. The zero-order chi connectivity index (χ0) is 26.0. The van der Waals surface area contributed by atoms with E-state index in [1.165, 1.54) is 0 Å². The largest absolute Gasteiger partial charge is 0.385 e. The molecule has 198 valence electrons. The van der Waals surface area contributed by atoms with E-state index in [-0.39, 0.29) is 23.9 Å². The van der Waals surface area contributed by atoms with Gasteiger partial charge in [0.25, 0.3) is 0 Å². The van der Waals surface area contributed by atoms with Crippen molar-refractivity contribution < 1.29 is 13.9 Å². The highest BCUT2D eigenvalue weighted by molar-refractivity contribution is 5.78. The molecule has 2 aromatic rings. The molecule has 0 aromatic carbocycles. The maximum absolute atomic E-state index is 14.4. The number of H-pyrrole nitrogens is 1. The standard InChI is InChI=1S/C24H38FN9O2/c1-7-26-22-27-11-18(25)21(29-22)28-20-17-14-34(24(4,5)19(17)30-31-20)23(35)33-13-15(2)32(12-16(33)3)9-8-10-36-6/h11,15-16H,7-10,12-14H2,1-6H3,(H3,26,27,28,29,30,31)/t15-,16-/m0/s1. The van der Waals surface area contributed by atoms with Gasteiger partial charge in [-0.2, -0.15) is 10.1 Å². The van der Waals surface area contributed by atoms with Crippen LogP contribution in [0.4, 0.5) is 26.8 Å². The Balaban J connectivity index is 1.49. The smallest absolute Gasteiger partial charge is 0.321 e. The van der Waals surface area contributed by atoms with E-state index in [0.717, 1.165) is 43.6 Å². The summed E-state index contributed by atoms with van der Waals surface area (Å²) in [5.41, 5.74) is 1.06. The van der Waals surface area contributed by atoms with E-state index >= 15 is 0 Å². The second-order valence-electron chi connectivity index (χ2n) is 10.1. The number of carbonyl (C=O) groups is 1. The number of aromatic nitrogens is 4. The van der Waals surface area contributed by atoms with Crippen LogP contribution in [0.3, 0.4) is 0 Å². The van der Waals surface area contributed by atoms with E-state index < -0.39 is 11.4 Å². The number of hydrogen-bond donors (Lipinski definition) is 3. The number of carbonyl (C=O) groups excluding carboxylic acids is 1. The third-order valence-corrected chi connectivity index (χ3v) is 7.17. The Hall–Kier alpha value is -2.99. The summed E-state index contributed by atoms with van der Waals surface area (Å²) in [5.74, 6) is 0.239. The van der Waals surface area contributed by atoms with Crippen molar-refractivity contribution in [3.8, 4) is 0 Å². The van der Waals surface area contributed by atoms with Crippen molar-refractivity contribution >= 4 is 23.6 Å². The van der Waals surface area contributed by atoms with E-state index in [1.54, 1.807) is 7.11 Å². The molecule has 36 heavy (non-hydrogen) atoms. The third kappa shape index (κ3) is 4.96. The molecule has 2 aliphatic rings. The molecule has 0 spiro atoms. The molecule has 12 heteroatoms. The van der Waals surface area contributed by atoms with E-state index in [2.05, 4.69) is 49.5 Å². The highest BCUT2D eigenvalue weighted by Crippen LogP contribution is 2.42. The van der Waals surface area contributed by atoms with Gasteiger partial charge in [-0.15, -0.1) is 0 Å². The summed E-state index contributed by atoms with van der Waals surface area (Å²) in [6.45, 7) is 14.3. The van der Waals surface area contributed by atoms with E-state index in [9.17, 15) is 9.18 Å². The molecular weight excluding hydrogens is 465 g/mol. The Kier molecular flexibility index (Phi) is 7.65. The topological polar surface area (TPSA) is 115 Å². The molecule has 4 rings (SSSR count). The van der Waals surface area contributed by atoms with Gasteiger partial charge in [0.05, 0.1) is 24.0 Å². The van der Waals surface area contributed by atoms with Crippen molar-refractivity contribution in [3.05, 3.63) is 23.3 Å². The van der Waals surface area contributed by atoms with Crippen LogP contribution in [0.25, 0.3) is 0 Å². The first-order valence-electron chi connectivity index (χ1n) is 12.6. The lowest BCUT2D eigenvalue weighted by Gasteiger charge is -2.46. The number of nitrogens with one attached hydrogen (secondary N) is 3. The zero-order valence-corrected chi connectivity index (χ0v) is 22.1. The maximum Gasteiger partial charge on any atom is 0.321 e. The van der Waals surface area contributed by atoms with Gasteiger partial charge in [-0.25, -0.2) is 14.2 Å². The minimum absolute atomic E-state index is 0.00547. The number of halogens is 1. The second-order valence-corrected chi connectivity index (χ2v) is 10.1. The van der Waals surface area contributed by atoms with Crippen molar-refractivity contribution in [2.24, 2.45) is 0 Å². The van der Waals surface area contributed by atoms with Gasteiger partial charge in [0, 0.05) is 57.5 Å². The maximum atomic E-state index is 14.4. The van der Waals surface area contributed by atoms with Crippen LogP contribution in [-0.2, 0) is 16.8 Å². The second kappa shape index (κ2) is 10.6. The average molecular weight is 504 g/mol. The fourth-order valence-electron chi connectivity index (χ4n) is 5.08. The number of methoxy groups -OCH3 is 1. The number of nitrogens with zero attached hydrogens (tertiary/aromatic N) is 6. The molecular formula is C24H38FN9O2. The SMILES string of the molecule is CCNc1ncc(F)c(Nc2n[nH]c3c2CN(C(=O)N2C[C@H](C)N(CCCOC)C[C@@H]2C)C3(C)C)n1. The highest BCUT2D eigenvalue weighted by Gasteiger charge is 2.46. The minimum Gasteiger partial charge on any atom is -0.385 e. The number of hydrogen-bond acceptors (Lipinski definition) is 8. The monoisotopic (exact) mass is 503 g/mol. The van der Waals surface area contributed by atoms with Crippen LogP contribution < -0.4 is 10.6 Å². The number of amides is 2. The molecule has 2 aliphatic heterocycles. The van der Waals surface area contributed by atoms with Crippen molar-refractivity contribution in [3.63, 3.8) is 0 Å². The van der Waals surface area contributed by atoms with Crippen LogP contribution in [0.5, 0.6) is 0 Å². The van der Waals surface area contributed by atoms with E-state index in [0.29, 0.717) is 31.4 Å². The molecule has 2 amide bonds. The third-order valence-electron chi connectivity index (χ3n) is 7.17. The summed E-state index contributed by atoms with van der Waals surface area (Å²) in [5, 5.41) is 13.4. The van der Waals surface area contributed by atoms with Crippen LogP contribution >= 0.6 is 0 Å². The lowest BCUT2D eigenvalue weighted by molar-refractivity contribution is 0.0315. The lowest BCUT2D eigenvalue weighted by atomic mass is 10.0. The molecule has 0 radical (unpaired) electrons. The highest BCUT2D eigenvalue weighted by atomic mass is 19.1. The minimum atomic E-state index is -0.600. The van der Waals surface area contributed by atoms with Gasteiger partial charge < -0.3 is 25.2 Å². The van der Waals surface area contributed by atoms with Gasteiger partial charge in [-0.3, -0.25) is 10.00 Å². The van der Waals surface area contributed by atoms with Gasteiger partial charge in [0.2, 0.25) is 5.95 Å². The fourth-order valence-corrected chi connectivity index (χ4v) is 5.08. The molecule has 0 unspecified atom stereocenters. The van der Waals surface area contributed by atoms with Gasteiger partial charge in [0.1, 0.15) is 0 Å². The Morgan fingerprint density at radius 2 is 2.06 bits per heavy atom. The number of anilines is 3. The van der Waals surface area contributed by atoms with Crippen molar-refractivity contribution in [1.82, 2.24) is 34.9 Å². The number of aromatic amines is 1. The van der Waals surface area contributed by atoms with Gasteiger partial charge in [-0.05, 0) is 41.0 Å². The Labute approximate surface area is 211 Å². The fraction of sp³-hybridized carbons (Fsp3) is 0.667. The zero-order valence-electron chi connectivity index (χ0n) is 22.1. The number of rotatable bonds is 8. The first kappa shape index (κ1) is 26.1. The van der Waals surface area contributed by atoms with Crippen LogP contribution in [0.15, 0.2) is 6.20 Å².